The number of hydrogen-bond donors (Lipinski definition) is 1. The van der Waals surface area contributed by atoms with Crippen LogP contribution in [0.1, 0.15) is 12.0 Å². The summed E-state index contributed by atoms with van der Waals surface area (Å²) in [5.74, 6) is -1.38. The molecule has 0 atom stereocenters. The lowest BCUT2D eigenvalue weighted by atomic mass is 10.2. The van der Waals surface area contributed by atoms with Crippen LogP contribution in [0.5, 0.6) is 0 Å². The average Bonchev–Trinajstić information content (AvgIpc) is 2.44. The van der Waals surface area contributed by atoms with Crippen LogP contribution in [-0.4, -0.2) is 39.4 Å². The second-order valence-corrected chi connectivity index (χ2v) is 5.81. The molecule has 0 aliphatic heterocycles. The van der Waals surface area contributed by atoms with Crippen LogP contribution in [0.25, 0.3) is 0 Å². The predicted molar refractivity (Wildman–Crippen MR) is 72.9 cm³/mol. The van der Waals surface area contributed by atoms with Crippen molar-refractivity contribution in [2.24, 2.45) is 0 Å². The SMILES string of the molecule is COC(=O)CCN(C)S(=O)(=O)Nc1cccc(F)c1C#N. The monoisotopic (exact) mass is 315 g/mol. The minimum Gasteiger partial charge on any atom is -0.469 e. The fourth-order valence-electron chi connectivity index (χ4n) is 1.41. The lowest BCUT2D eigenvalue weighted by molar-refractivity contribution is -0.140. The molecule has 1 aromatic carbocycles. The average molecular weight is 315 g/mol. The molecule has 0 radical (unpaired) electrons. The van der Waals surface area contributed by atoms with Crippen molar-refractivity contribution in [1.29, 1.82) is 5.26 Å². The molecule has 9 heteroatoms. The Kier molecular flexibility index (Phi) is 5.63. The van der Waals surface area contributed by atoms with Crippen molar-refractivity contribution < 1.29 is 22.3 Å². The highest BCUT2D eigenvalue weighted by atomic mass is 32.2. The topological polar surface area (TPSA) is 99.5 Å². The minimum absolute atomic E-state index is 0.112. The van der Waals surface area contributed by atoms with Crippen LogP contribution >= 0.6 is 0 Å². The lowest BCUT2D eigenvalue weighted by Gasteiger charge is -2.18. The zero-order chi connectivity index (χ0) is 16.0. The number of methoxy groups -OCH3 is 1. The first-order chi connectivity index (χ1) is 9.81. The van der Waals surface area contributed by atoms with E-state index in [-0.39, 0.29) is 18.7 Å². The Hall–Kier alpha value is -2.18. The maximum Gasteiger partial charge on any atom is 0.306 e. The van der Waals surface area contributed by atoms with Crippen molar-refractivity contribution in [2.45, 2.75) is 6.42 Å². The van der Waals surface area contributed by atoms with Gasteiger partial charge in [0.1, 0.15) is 17.4 Å². The summed E-state index contributed by atoms with van der Waals surface area (Å²) in [5.41, 5.74) is -0.565. The molecule has 114 valence electrons. The van der Waals surface area contributed by atoms with Crippen LogP contribution in [0, 0.1) is 17.1 Å². The summed E-state index contributed by atoms with van der Waals surface area (Å²) in [4.78, 5) is 11.0. The fraction of sp³-hybridized carbons (Fsp3) is 0.333. The number of nitrogens with zero attached hydrogens (tertiary/aromatic N) is 2. The highest BCUT2D eigenvalue weighted by molar-refractivity contribution is 7.90. The van der Waals surface area contributed by atoms with Crippen molar-refractivity contribution in [2.75, 3.05) is 25.4 Å². The Morgan fingerprint density at radius 1 is 1.52 bits per heavy atom. The minimum atomic E-state index is -4.01. The second kappa shape index (κ2) is 7.01. The number of hydrogen-bond acceptors (Lipinski definition) is 5. The molecule has 21 heavy (non-hydrogen) atoms. The van der Waals surface area contributed by atoms with Crippen LogP contribution in [0.4, 0.5) is 10.1 Å². The molecule has 0 saturated heterocycles. The third-order valence-electron chi connectivity index (χ3n) is 2.63. The molecule has 7 nitrogen and oxygen atoms in total. The summed E-state index contributed by atoms with van der Waals surface area (Å²) in [7, 11) is -1.57. The highest BCUT2D eigenvalue weighted by Crippen LogP contribution is 2.19. The smallest absolute Gasteiger partial charge is 0.306 e. The van der Waals surface area contributed by atoms with Crippen LogP contribution in [-0.2, 0) is 19.7 Å². The van der Waals surface area contributed by atoms with Gasteiger partial charge in [0.15, 0.2) is 0 Å². The summed E-state index contributed by atoms with van der Waals surface area (Å²) in [5, 5.41) is 8.84. The van der Waals surface area contributed by atoms with Crippen LogP contribution < -0.4 is 4.72 Å². The van der Waals surface area contributed by atoms with Gasteiger partial charge in [0.05, 0.1) is 19.2 Å². The van der Waals surface area contributed by atoms with E-state index in [9.17, 15) is 17.6 Å². The first-order valence-corrected chi connectivity index (χ1v) is 7.25. The third-order valence-corrected chi connectivity index (χ3v) is 4.11. The van der Waals surface area contributed by atoms with Gasteiger partial charge in [-0.05, 0) is 12.1 Å². The van der Waals surface area contributed by atoms with Gasteiger partial charge in [-0.25, -0.2) is 4.39 Å². The number of ether oxygens (including phenoxy) is 1. The summed E-state index contributed by atoms with van der Waals surface area (Å²) in [6, 6.07) is 5.19. The van der Waals surface area contributed by atoms with Gasteiger partial charge in [-0.1, -0.05) is 6.07 Å². The summed E-state index contributed by atoms with van der Waals surface area (Å²) in [6.45, 7) is -0.112. The highest BCUT2D eigenvalue weighted by Gasteiger charge is 2.21. The van der Waals surface area contributed by atoms with Gasteiger partial charge in [-0.15, -0.1) is 0 Å². The number of rotatable bonds is 6. The Bertz CT molecular complexity index is 670. The fourth-order valence-corrected chi connectivity index (χ4v) is 2.35. The Labute approximate surface area is 122 Å². The number of anilines is 1. The first-order valence-electron chi connectivity index (χ1n) is 5.81. The second-order valence-electron chi connectivity index (χ2n) is 4.03. The van der Waals surface area contributed by atoms with E-state index in [1.165, 1.54) is 26.3 Å². The van der Waals surface area contributed by atoms with Crippen molar-refractivity contribution in [3.8, 4) is 6.07 Å². The molecule has 0 aliphatic carbocycles. The van der Waals surface area contributed by atoms with E-state index >= 15 is 0 Å². The summed E-state index contributed by atoms with van der Waals surface area (Å²) in [6.07, 6.45) is -0.123. The standard InChI is InChI=1S/C12H14FN3O4S/c1-16(7-6-12(17)20-2)21(18,19)15-11-5-3-4-10(13)9(11)8-14/h3-5,15H,6-7H2,1-2H3. The van der Waals surface area contributed by atoms with E-state index in [0.29, 0.717) is 0 Å². The van der Waals surface area contributed by atoms with Crippen molar-refractivity contribution >= 4 is 21.9 Å². The molecule has 0 saturated carbocycles. The maximum atomic E-state index is 13.4. The number of nitriles is 1. The van der Waals surface area contributed by atoms with Crippen LogP contribution in [0.2, 0.25) is 0 Å². The molecule has 1 N–H and O–H groups in total. The van der Waals surface area contributed by atoms with Gasteiger partial charge in [0, 0.05) is 13.6 Å². The molecule has 1 aromatic rings. The molecule has 0 fully saturated rings. The quantitative estimate of drug-likeness (QED) is 0.784. The van der Waals surface area contributed by atoms with E-state index in [2.05, 4.69) is 9.46 Å². The molecule has 0 amide bonds. The summed E-state index contributed by atoms with van der Waals surface area (Å²) < 4.78 is 44.8. The van der Waals surface area contributed by atoms with E-state index in [1.807, 2.05) is 0 Å². The van der Waals surface area contributed by atoms with E-state index in [0.717, 1.165) is 10.4 Å². The lowest BCUT2D eigenvalue weighted by Crippen LogP contribution is -2.34. The zero-order valence-electron chi connectivity index (χ0n) is 11.5. The molecule has 0 heterocycles. The van der Waals surface area contributed by atoms with Crippen molar-refractivity contribution in [3.63, 3.8) is 0 Å². The first kappa shape index (κ1) is 16.9. The van der Waals surface area contributed by atoms with Gasteiger partial charge in [0.2, 0.25) is 0 Å². The van der Waals surface area contributed by atoms with Crippen LogP contribution in [0.3, 0.4) is 0 Å². The Morgan fingerprint density at radius 3 is 2.76 bits per heavy atom. The molecule has 0 aliphatic rings. The number of carbonyl (C=O) groups is 1. The van der Waals surface area contributed by atoms with E-state index in [1.54, 1.807) is 6.07 Å². The van der Waals surface area contributed by atoms with Crippen molar-refractivity contribution in [1.82, 2.24) is 4.31 Å². The molecule has 0 spiro atoms. The maximum absolute atomic E-state index is 13.4. The van der Waals surface area contributed by atoms with Gasteiger partial charge >= 0.3 is 16.2 Å². The molecular weight excluding hydrogens is 301 g/mol. The van der Waals surface area contributed by atoms with E-state index < -0.39 is 27.6 Å². The van der Waals surface area contributed by atoms with Crippen molar-refractivity contribution in [3.05, 3.63) is 29.6 Å². The molecule has 0 unspecified atom stereocenters. The Balaban J connectivity index is 2.89. The number of carbonyl (C=O) groups excluding carboxylic acids is 1. The zero-order valence-corrected chi connectivity index (χ0v) is 12.3. The molecular formula is C12H14FN3O4S. The predicted octanol–water partition coefficient (Wildman–Crippen LogP) is 0.849. The molecule has 0 aromatic heterocycles. The largest absolute Gasteiger partial charge is 0.469 e. The number of benzene rings is 1. The number of halogens is 1. The van der Waals surface area contributed by atoms with Gasteiger partial charge in [-0.3, -0.25) is 9.52 Å². The van der Waals surface area contributed by atoms with Crippen LogP contribution in [0.15, 0.2) is 18.2 Å². The van der Waals surface area contributed by atoms with Gasteiger partial charge < -0.3 is 4.74 Å². The van der Waals surface area contributed by atoms with Gasteiger partial charge in [-0.2, -0.15) is 18.0 Å². The number of esters is 1. The Morgan fingerprint density at radius 2 is 2.19 bits per heavy atom. The molecule has 0 bridgehead atoms. The normalized spacial score (nSPS) is 11.0. The third kappa shape index (κ3) is 4.40. The molecule has 1 rings (SSSR count). The summed E-state index contributed by atoms with van der Waals surface area (Å²) >= 11 is 0. The van der Waals surface area contributed by atoms with E-state index in [4.69, 9.17) is 5.26 Å². The van der Waals surface area contributed by atoms with Gasteiger partial charge in [0.25, 0.3) is 0 Å². The number of nitrogens with one attached hydrogen (secondary N) is 1.